The molecule has 2 aromatic rings. The van der Waals surface area contributed by atoms with Gasteiger partial charge >= 0.3 is 0 Å². The smallest absolute Gasteiger partial charge is 0.292 e. The summed E-state index contributed by atoms with van der Waals surface area (Å²) in [6.45, 7) is 0. The number of carbonyl (C=O) groups is 1. The predicted molar refractivity (Wildman–Crippen MR) is 80.3 cm³/mol. The number of nitrogens with one attached hydrogen (secondary N) is 2. The van der Waals surface area contributed by atoms with Crippen LogP contribution in [0.3, 0.4) is 0 Å². The summed E-state index contributed by atoms with van der Waals surface area (Å²) in [4.78, 5) is 12.0. The summed E-state index contributed by atoms with van der Waals surface area (Å²) in [5, 5.41) is 20.5. The van der Waals surface area contributed by atoms with E-state index in [1.54, 1.807) is 12.1 Å². The van der Waals surface area contributed by atoms with Gasteiger partial charge in [0.25, 0.3) is 5.91 Å². The fraction of sp³-hybridized carbons (Fsp3) is 0.267. The lowest BCUT2D eigenvalue weighted by molar-refractivity contribution is 0.0949. The lowest BCUT2D eigenvalue weighted by atomic mass is 10.2. The molecule has 0 bridgehead atoms. The van der Waals surface area contributed by atoms with Crippen molar-refractivity contribution < 1.29 is 14.6 Å². The Kier molecular flexibility index (Phi) is 3.78. The number of aromatic hydroxyl groups is 1. The summed E-state index contributed by atoms with van der Waals surface area (Å²) in [6, 6.07) is 4.85. The minimum atomic E-state index is -0.339. The van der Waals surface area contributed by atoms with E-state index >= 15 is 0 Å². The van der Waals surface area contributed by atoms with Crippen LogP contribution in [0.5, 0.6) is 11.5 Å². The van der Waals surface area contributed by atoms with Crippen molar-refractivity contribution in [3.63, 3.8) is 0 Å². The van der Waals surface area contributed by atoms with Crippen LogP contribution >= 0.6 is 0 Å². The number of methoxy groups -OCH3 is 1. The summed E-state index contributed by atoms with van der Waals surface area (Å²) in [7, 11) is 1.48. The van der Waals surface area contributed by atoms with Crippen LogP contribution in [-0.4, -0.2) is 34.5 Å². The second kappa shape index (κ2) is 5.88. The van der Waals surface area contributed by atoms with Gasteiger partial charge in [-0.1, -0.05) is 0 Å². The Labute approximate surface area is 127 Å². The molecule has 1 heterocycles. The van der Waals surface area contributed by atoms with Crippen molar-refractivity contribution in [3.8, 4) is 11.5 Å². The molecule has 0 radical (unpaired) electrons. The maximum Gasteiger partial charge on any atom is 0.292 e. The van der Waals surface area contributed by atoms with E-state index in [0.717, 1.165) is 30.5 Å². The van der Waals surface area contributed by atoms with E-state index in [0.29, 0.717) is 17.0 Å². The zero-order chi connectivity index (χ0) is 15.5. The van der Waals surface area contributed by atoms with Gasteiger partial charge < -0.3 is 9.84 Å². The molecule has 7 heteroatoms. The standard InChI is InChI=1S/C15H16N4O3/c1-22-13-6-5-9(7-12(13)20)8-16-19-15(21)14-10-3-2-4-11(10)17-18-14/h5-8,20H,2-4H2,1H3,(H,17,18)(H,19,21)/b16-8-. The normalized spacial score (nSPS) is 13.3. The molecule has 1 amide bonds. The van der Waals surface area contributed by atoms with Gasteiger partial charge in [-0.25, -0.2) is 5.43 Å². The number of phenolic OH excluding ortho intramolecular Hbond substituents is 1. The summed E-state index contributed by atoms with van der Waals surface area (Å²) in [5.41, 5.74) is 5.51. The van der Waals surface area contributed by atoms with Gasteiger partial charge in [-0.05, 0) is 43.0 Å². The fourth-order valence-corrected chi connectivity index (χ4v) is 2.51. The topological polar surface area (TPSA) is 99.6 Å². The summed E-state index contributed by atoms with van der Waals surface area (Å²) >= 11 is 0. The maximum atomic E-state index is 12.0. The molecule has 0 saturated carbocycles. The summed E-state index contributed by atoms with van der Waals surface area (Å²) in [6.07, 6.45) is 4.29. The Hall–Kier alpha value is -2.83. The van der Waals surface area contributed by atoms with Gasteiger partial charge in [0, 0.05) is 11.3 Å². The number of aryl methyl sites for hydroxylation is 1. The minimum absolute atomic E-state index is 0.0166. The molecule has 1 aromatic heterocycles. The van der Waals surface area contributed by atoms with E-state index in [-0.39, 0.29) is 11.7 Å². The van der Waals surface area contributed by atoms with Crippen LogP contribution in [0, 0.1) is 0 Å². The number of aromatic amines is 1. The van der Waals surface area contributed by atoms with Crippen LogP contribution in [0.1, 0.15) is 33.7 Å². The zero-order valence-electron chi connectivity index (χ0n) is 12.1. The van der Waals surface area contributed by atoms with Crippen LogP contribution in [0.15, 0.2) is 23.3 Å². The molecule has 0 spiro atoms. The number of carbonyl (C=O) groups excluding carboxylic acids is 1. The third-order valence-electron chi connectivity index (χ3n) is 3.60. The molecule has 22 heavy (non-hydrogen) atoms. The van der Waals surface area contributed by atoms with Gasteiger partial charge in [0.05, 0.1) is 13.3 Å². The molecule has 114 valence electrons. The van der Waals surface area contributed by atoms with E-state index in [1.165, 1.54) is 19.4 Å². The molecule has 3 N–H and O–H groups in total. The van der Waals surface area contributed by atoms with Gasteiger partial charge in [-0.3, -0.25) is 9.89 Å². The number of H-pyrrole nitrogens is 1. The first kappa shape index (κ1) is 14.1. The maximum absolute atomic E-state index is 12.0. The van der Waals surface area contributed by atoms with Crippen molar-refractivity contribution in [2.24, 2.45) is 5.10 Å². The van der Waals surface area contributed by atoms with Crippen LogP contribution < -0.4 is 10.2 Å². The largest absolute Gasteiger partial charge is 0.504 e. The van der Waals surface area contributed by atoms with Crippen molar-refractivity contribution in [2.75, 3.05) is 7.11 Å². The number of phenols is 1. The quantitative estimate of drug-likeness (QED) is 0.586. The molecule has 0 saturated heterocycles. The van der Waals surface area contributed by atoms with E-state index < -0.39 is 0 Å². The van der Waals surface area contributed by atoms with Crippen LogP contribution in [0.4, 0.5) is 0 Å². The molecule has 0 atom stereocenters. The number of benzene rings is 1. The Balaban J connectivity index is 1.66. The molecule has 3 rings (SSSR count). The van der Waals surface area contributed by atoms with Crippen molar-refractivity contribution >= 4 is 12.1 Å². The van der Waals surface area contributed by atoms with Crippen LogP contribution in [0.2, 0.25) is 0 Å². The predicted octanol–water partition coefficient (Wildman–Crippen LogP) is 1.38. The fourth-order valence-electron chi connectivity index (χ4n) is 2.51. The minimum Gasteiger partial charge on any atom is -0.504 e. The molecule has 0 fully saturated rings. The monoisotopic (exact) mass is 300 g/mol. The molecular formula is C15H16N4O3. The van der Waals surface area contributed by atoms with Crippen molar-refractivity contribution in [1.29, 1.82) is 0 Å². The van der Waals surface area contributed by atoms with Gasteiger partial charge in [-0.2, -0.15) is 10.2 Å². The highest BCUT2D eigenvalue weighted by molar-refractivity contribution is 5.94. The number of rotatable bonds is 4. The number of ether oxygens (including phenoxy) is 1. The highest BCUT2D eigenvalue weighted by Gasteiger charge is 2.22. The number of nitrogens with zero attached hydrogens (tertiary/aromatic N) is 2. The number of fused-ring (bicyclic) bond motifs is 1. The molecule has 0 aliphatic heterocycles. The van der Waals surface area contributed by atoms with Gasteiger partial charge in [0.1, 0.15) is 0 Å². The number of hydrazone groups is 1. The first-order valence-corrected chi connectivity index (χ1v) is 6.95. The summed E-state index contributed by atoms with van der Waals surface area (Å²) < 4.78 is 4.96. The average molecular weight is 300 g/mol. The number of amides is 1. The molecule has 7 nitrogen and oxygen atoms in total. The van der Waals surface area contributed by atoms with Crippen molar-refractivity contribution in [3.05, 3.63) is 40.7 Å². The van der Waals surface area contributed by atoms with Gasteiger partial charge in [-0.15, -0.1) is 0 Å². The van der Waals surface area contributed by atoms with E-state index in [4.69, 9.17) is 4.74 Å². The lowest BCUT2D eigenvalue weighted by Crippen LogP contribution is -2.19. The van der Waals surface area contributed by atoms with E-state index in [1.807, 2.05) is 0 Å². The highest BCUT2D eigenvalue weighted by atomic mass is 16.5. The molecule has 0 unspecified atom stereocenters. The number of aromatic nitrogens is 2. The van der Waals surface area contributed by atoms with Crippen LogP contribution in [-0.2, 0) is 12.8 Å². The average Bonchev–Trinajstić information content (AvgIpc) is 3.10. The Morgan fingerprint density at radius 3 is 3.14 bits per heavy atom. The molecule has 1 aliphatic rings. The molecule has 1 aliphatic carbocycles. The molecule has 1 aromatic carbocycles. The zero-order valence-corrected chi connectivity index (χ0v) is 12.1. The van der Waals surface area contributed by atoms with Gasteiger partial charge in [0.2, 0.25) is 0 Å². The number of hydrogen-bond donors (Lipinski definition) is 3. The third-order valence-corrected chi connectivity index (χ3v) is 3.60. The third kappa shape index (κ3) is 2.65. The summed E-state index contributed by atoms with van der Waals surface area (Å²) in [5.74, 6) is 0.0598. The second-order valence-electron chi connectivity index (χ2n) is 5.01. The first-order valence-electron chi connectivity index (χ1n) is 6.95. The van der Waals surface area contributed by atoms with Crippen molar-refractivity contribution in [2.45, 2.75) is 19.3 Å². The Morgan fingerprint density at radius 2 is 2.36 bits per heavy atom. The van der Waals surface area contributed by atoms with Crippen LogP contribution in [0.25, 0.3) is 0 Å². The van der Waals surface area contributed by atoms with Gasteiger partial charge in [0.15, 0.2) is 17.2 Å². The number of hydrogen-bond acceptors (Lipinski definition) is 5. The SMILES string of the molecule is COc1ccc(/C=N\NC(=O)c2n[nH]c3c2CCC3)cc1O. The van der Waals surface area contributed by atoms with E-state index in [2.05, 4.69) is 20.7 Å². The molecular weight excluding hydrogens is 284 g/mol. The highest BCUT2D eigenvalue weighted by Crippen LogP contribution is 2.25. The van der Waals surface area contributed by atoms with Crippen molar-refractivity contribution in [1.82, 2.24) is 15.6 Å². The Bertz CT molecular complexity index is 736. The Morgan fingerprint density at radius 1 is 1.50 bits per heavy atom. The lowest BCUT2D eigenvalue weighted by Gasteiger charge is -2.03. The van der Waals surface area contributed by atoms with E-state index in [9.17, 15) is 9.90 Å². The second-order valence-corrected chi connectivity index (χ2v) is 5.01. The first-order chi connectivity index (χ1) is 10.7.